The average molecular weight is 620 g/mol. The van der Waals surface area contributed by atoms with Crippen LogP contribution < -0.4 is 10.1 Å². The second-order valence-electron chi connectivity index (χ2n) is 13.6. The van der Waals surface area contributed by atoms with Crippen LogP contribution in [0.3, 0.4) is 0 Å². The maximum atomic E-state index is 13.5. The number of rotatable bonds is 13. The van der Waals surface area contributed by atoms with Gasteiger partial charge in [0.05, 0.1) is 17.8 Å². The Balaban J connectivity index is 1.25. The van der Waals surface area contributed by atoms with Crippen molar-refractivity contribution in [1.82, 2.24) is 15.2 Å². The molecule has 6 heteroatoms. The van der Waals surface area contributed by atoms with Gasteiger partial charge in [0.1, 0.15) is 11.8 Å². The van der Waals surface area contributed by atoms with Gasteiger partial charge in [0.2, 0.25) is 5.91 Å². The number of nitrogens with zero attached hydrogens (tertiary/aromatic N) is 2. The van der Waals surface area contributed by atoms with Crippen LogP contribution in [0.2, 0.25) is 0 Å². The molecule has 1 N–H and O–H groups in total. The SMILES string of the molecule is CCCCCCCOc1ccc2nc(-c3ccc(CC(NC(=O)c4ccc(C(C)(C)C)cc4)C(=O)N4CCCC4)cc3)ccc2c1. The van der Waals surface area contributed by atoms with Gasteiger partial charge in [0.25, 0.3) is 5.91 Å². The van der Waals surface area contributed by atoms with Crippen LogP contribution in [-0.2, 0) is 16.6 Å². The number of nitrogens with one attached hydrogen (secondary N) is 1. The van der Waals surface area contributed by atoms with Crippen molar-refractivity contribution in [2.75, 3.05) is 19.7 Å². The Hall–Kier alpha value is -4.19. The van der Waals surface area contributed by atoms with Crippen LogP contribution in [0.15, 0.2) is 78.9 Å². The highest BCUT2D eigenvalue weighted by Crippen LogP contribution is 2.26. The highest BCUT2D eigenvalue weighted by Gasteiger charge is 2.28. The van der Waals surface area contributed by atoms with Gasteiger partial charge in [0, 0.05) is 36.0 Å². The lowest BCUT2D eigenvalue weighted by atomic mass is 9.86. The smallest absolute Gasteiger partial charge is 0.251 e. The molecule has 242 valence electrons. The molecule has 1 fully saturated rings. The third-order valence-electron chi connectivity index (χ3n) is 8.90. The molecule has 0 spiro atoms. The minimum atomic E-state index is -0.634. The molecular formula is C40H49N3O3. The number of aromatic nitrogens is 1. The highest BCUT2D eigenvalue weighted by atomic mass is 16.5. The second-order valence-corrected chi connectivity index (χ2v) is 13.6. The molecule has 0 radical (unpaired) electrons. The molecule has 1 aliphatic rings. The summed E-state index contributed by atoms with van der Waals surface area (Å²) < 4.78 is 5.99. The zero-order valence-corrected chi connectivity index (χ0v) is 28.0. The summed E-state index contributed by atoms with van der Waals surface area (Å²) in [6, 6.07) is 25.4. The van der Waals surface area contributed by atoms with E-state index in [0.29, 0.717) is 12.0 Å². The number of fused-ring (bicyclic) bond motifs is 1. The Bertz CT molecular complexity index is 1600. The summed E-state index contributed by atoms with van der Waals surface area (Å²) in [5, 5.41) is 4.11. The molecule has 5 rings (SSSR count). The molecule has 1 unspecified atom stereocenters. The molecule has 1 saturated heterocycles. The van der Waals surface area contributed by atoms with Crippen LogP contribution >= 0.6 is 0 Å². The fourth-order valence-electron chi connectivity index (χ4n) is 6.02. The monoisotopic (exact) mass is 619 g/mol. The zero-order valence-electron chi connectivity index (χ0n) is 28.0. The summed E-state index contributed by atoms with van der Waals surface area (Å²) in [7, 11) is 0. The molecular weight excluding hydrogens is 570 g/mol. The van der Waals surface area contributed by atoms with Gasteiger partial charge in [0.15, 0.2) is 0 Å². The van der Waals surface area contributed by atoms with Gasteiger partial charge in [-0.15, -0.1) is 0 Å². The Morgan fingerprint density at radius 3 is 2.28 bits per heavy atom. The highest BCUT2D eigenvalue weighted by molar-refractivity contribution is 5.97. The van der Waals surface area contributed by atoms with Gasteiger partial charge >= 0.3 is 0 Å². The second kappa shape index (κ2) is 15.4. The molecule has 1 aliphatic heterocycles. The maximum absolute atomic E-state index is 13.5. The maximum Gasteiger partial charge on any atom is 0.251 e. The molecule has 4 aromatic rings. The van der Waals surface area contributed by atoms with Crippen molar-refractivity contribution in [2.24, 2.45) is 0 Å². The first-order chi connectivity index (χ1) is 22.2. The third-order valence-corrected chi connectivity index (χ3v) is 8.90. The van der Waals surface area contributed by atoms with E-state index >= 15 is 0 Å². The molecule has 46 heavy (non-hydrogen) atoms. The lowest BCUT2D eigenvalue weighted by molar-refractivity contribution is -0.132. The van der Waals surface area contributed by atoms with Gasteiger partial charge in [-0.3, -0.25) is 9.59 Å². The standard InChI is InChI=1S/C40H49N3O3/c1-5-6-7-8-11-26-46-34-21-23-36-32(28-34)18-22-35(41-36)30-14-12-29(13-15-30)27-37(39(45)43-24-9-10-25-43)42-38(44)31-16-19-33(20-17-31)40(2,3)4/h12-23,28,37H,5-11,24-27H2,1-4H3,(H,42,44). The predicted molar refractivity (Wildman–Crippen MR) is 187 cm³/mol. The van der Waals surface area contributed by atoms with Gasteiger partial charge in [-0.2, -0.15) is 0 Å². The summed E-state index contributed by atoms with van der Waals surface area (Å²) in [6.07, 6.45) is 8.52. The summed E-state index contributed by atoms with van der Waals surface area (Å²) in [6.45, 7) is 10.9. The predicted octanol–water partition coefficient (Wildman–Crippen LogP) is 8.51. The molecule has 3 aromatic carbocycles. The van der Waals surface area contributed by atoms with E-state index in [1.165, 1.54) is 25.7 Å². The fraction of sp³-hybridized carbons (Fsp3) is 0.425. The van der Waals surface area contributed by atoms with E-state index in [0.717, 1.165) is 78.0 Å². The molecule has 6 nitrogen and oxygen atoms in total. The van der Waals surface area contributed by atoms with Crippen molar-refractivity contribution in [3.8, 4) is 17.0 Å². The van der Waals surface area contributed by atoms with E-state index in [2.05, 4.69) is 45.1 Å². The van der Waals surface area contributed by atoms with Crippen molar-refractivity contribution < 1.29 is 14.3 Å². The van der Waals surface area contributed by atoms with Crippen LogP contribution in [0.4, 0.5) is 0 Å². The molecule has 0 bridgehead atoms. The number of unbranched alkanes of at least 4 members (excludes halogenated alkanes) is 4. The van der Waals surface area contributed by atoms with Crippen LogP contribution in [0.5, 0.6) is 5.75 Å². The van der Waals surface area contributed by atoms with E-state index in [1.807, 2.05) is 71.6 Å². The minimum Gasteiger partial charge on any atom is -0.494 e. The Kier molecular flexibility index (Phi) is 11.1. The summed E-state index contributed by atoms with van der Waals surface area (Å²) in [4.78, 5) is 33.6. The largest absolute Gasteiger partial charge is 0.494 e. The lowest BCUT2D eigenvalue weighted by Crippen LogP contribution is -2.49. The Morgan fingerprint density at radius 2 is 1.59 bits per heavy atom. The first-order valence-corrected chi connectivity index (χ1v) is 17.0. The number of hydrogen-bond acceptors (Lipinski definition) is 4. The van der Waals surface area contributed by atoms with E-state index in [-0.39, 0.29) is 17.2 Å². The number of pyridine rings is 1. The third kappa shape index (κ3) is 8.74. The molecule has 0 saturated carbocycles. The van der Waals surface area contributed by atoms with Gasteiger partial charge in [-0.05, 0) is 72.2 Å². The quantitative estimate of drug-likeness (QED) is 0.152. The number of ether oxygens (including phenoxy) is 1. The normalized spacial score (nSPS) is 14.0. The van der Waals surface area contributed by atoms with Crippen LogP contribution in [-0.4, -0.2) is 47.4 Å². The van der Waals surface area contributed by atoms with Gasteiger partial charge < -0.3 is 15.0 Å². The Morgan fingerprint density at radius 1 is 0.870 bits per heavy atom. The number of carbonyl (C=O) groups excluding carboxylic acids is 2. The number of amides is 2. The van der Waals surface area contributed by atoms with E-state index in [9.17, 15) is 9.59 Å². The summed E-state index contributed by atoms with van der Waals surface area (Å²) in [5.41, 5.74) is 5.53. The zero-order chi connectivity index (χ0) is 32.5. The van der Waals surface area contributed by atoms with Gasteiger partial charge in [-0.25, -0.2) is 4.98 Å². The van der Waals surface area contributed by atoms with Crippen molar-refractivity contribution >= 4 is 22.7 Å². The molecule has 2 amide bonds. The van der Waals surface area contributed by atoms with Crippen molar-refractivity contribution in [3.63, 3.8) is 0 Å². The van der Waals surface area contributed by atoms with E-state index < -0.39 is 6.04 Å². The lowest BCUT2D eigenvalue weighted by Gasteiger charge is -2.24. The Labute approximate surface area is 274 Å². The topological polar surface area (TPSA) is 71.5 Å². The average Bonchev–Trinajstić information content (AvgIpc) is 3.61. The van der Waals surface area contributed by atoms with E-state index in [1.54, 1.807) is 0 Å². The van der Waals surface area contributed by atoms with Gasteiger partial charge in [-0.1, -0.05) is 95.8 Å². The van der Waals surface area contributed by atoms with Crippen molar-refractivity contribution in [1.29, 1.82) is 0 Å². The number of hydrogen-bond donors (Lipinski definition) is 1. The summed E-state index contributed by atoms with van der Waals surface area (Å²) >= 11 is 0. The molecule has 1 aromatic heterocycles. The van der Waals surface area contributed by atoms with E-state index in [4.69, 9.17) is 9.72 Å². The molecule has 1 atom stereocenters. The number of carbonyl (C=O) groups is 2. The molecule has 0 aliphatic carbocycles. The summed E-state index contributed by atoms with van der Waals surface area (Å²) in [5.74, 6) is 0.640. The van der Waals surface area contributed by atoms with Crippen LogP contribution in [0, 0.1) is 0 Å². The molecule has 2 heterocycles. The first-order valence-electron chi connectivity index (χ1n) is 17.0. The minimum absolute atomic E-state index is 0.00321. The van der Waals surface area contributed by atoms with Crippen LogP contribution in [0.1, 0.15) is 94.1 Å². The van der Waals surface area contributed by atoms with Crippen LogP contribution in [0.25, 0.3) is 22.2 Å². The fourth-order valence-corrected chi connectivity index (χ4v) is 6.02. The number of benzene rings is 3. The first kappa shape index (κ1) is 33.2. The van der Waals surface area contributed by atoms with Crippen molar-refractivity contribution in [3.05, 3.63) is 95.6 Å². The van der Waals surface area contributed by atoms with Crippen molar-refractivity contribution in [2.45, 2.75) is 90.5 Å². The number of likely N-dealkylation sites (tertiary alicyclic amines) is 1.